The molecule has 0 saturated carbocycles. The Labute approximate surface area is 166 Å². The van der Waals surface area contributed by atoms with Crippen LogP contribution in [0.1, 0.15) is 32.7 Å². The number of benzene rings is 2. The van der Waals surface area contributed by atoms with Crippen molar-refractivity contribution in [3.05, 3.63) is 75.3 Å². The largest absolute Gasteiger partial charge is 0.377 e. The van der Waals surface area contributed by atoms with Gasteiger partial charge < -0.3 is 10.1 Å². The maximum atomic E-state index is 12.4. The molecule has 1 heterocycles. The molecule has 0 atom stereocenters. The smallest absolute Gasteiger partial charge is 0.282 e. The molecule has 0 unspecified atom stereocenters. The van der Waals surface area contributed by atoms with Gasteiger partial charge >= 0.3 is 0 Å². The minimum atomic E-state index is -0.835. The van der Waals surface area contributed by atoms with Crippen LogP contribution >= 0.6 is 0 Å². The molecular weight excluding hydrogens is 378 g/mol. The van der Waals surface area contributed by atoms with Gasteiger partial charge in [-0.3, -0.25) is 29.4 Å². The lowest BCUT2D eigenvalue weighted by Gasteiger charge is -2.13. The number of imide groups is 1. The van der Waals surface area contributed by atoms with Gasteiger partial charge in [0.1, 0.15) is 12.1 Å². The molecular formula is C20H19N3O6. The first-order valence-corrected chi connectivity index (χ1v) is 9.01. The molecule has 1 N–H and O–H groups in total. The number of nitrogens with zero attached hydrogens (tertiary/aromatic N) is 2. The summed E-state index contributed by atoms with van der Waals surface area (Å²) >= 11 is 0. The van der Waals surface area contributed by atoms with Crippen LogP contribution in [0.2, 0.25) is 0 Å². The quantitative estimate of drug-likeness (QED) is 0.299. The lowest BCUT2D eigenvalue weighted by molar-refractivity contribution is -0.385. The Bertz CT molecular complexity index is 944. The molecule has 0 saturated heterocycles. The third kappa shape index (κ3) is 4.64. The highest BCUT2D eigenvalue weighted by molar-refractivity contribution is 6.24. The molecule has 29 heavy (non-hydrogen) atoms. The summed E-state index contributed by atoms with van der Waals surface area (Å²) in [6, 6.07) is 13.5. The van der Waals surface area contributed by atoms with Crippen molar-refractivity contribution >= 4 is 23.4 Å². The van der Waals surface area contributed by atoms with Gasteiger partial charge in [0.25, 0.3) is 17.5 Å². The summed E-state index contributed by atoms with van der Waals surface area (Å²) in [6.45, 7) is 0.738. The van der Waals surface area contributed by atoms with Crippen LogP contribution in [0.3, 0.4) is 0 Å². The van der Waals surface area contributed by atoms with E-state index in [0.29, 0.717) is 26.2 Å². The van der Waals surface area contributed by atoms with Crippen LogP contribution in [0.15, 0.2) is 48.5 Å². The Balaban J connectivity index is 1.45. The second kappa shape index (κ2) is 9.07. The number of fused-ring (bicyclic) bond motifs is 1. The summed E-state index contributed by atoms with van der Waals surface area (Å²) in [4.78, 5) is 47.9. The number of hydrogen-bond acceptors (Lipinski definition) is 6. The predicted molar refractivity (Wildman–Crippen MR) is 102 cm³/mol. The Morgan fingerprint density at radius 2 is 1.83 bits per heavy atom. The highest BCUT2D eigenvalue weighted by atomic mass is 16.6. The monoisotopic (exact) mass is 397 g/mol. The zero-order valence-corrected chi connectivity index (χ0v) is 15.5. The Morgan fingerprint density at radius 1 is 1.07 bits per heavy atom. The van der Waals surface area contributed by atoms with Crippen molar-refractivity contribution in [3.8, 4) is 0 Å². The summed E-state index contributed by atoms with van der Waals surface area (Å²) in [7, 11) is 0. The number of nitro benzene ring substituents is 1. The van der Waals surface area contributed by atoms with E-state index in [1.165, 1.54) is 12.1 Å². The van der Waals surface area contributed by atoms with Crippen LogP contribution in [0, 0.1) is 10.1 Å². The molecule has 1 aliphatic rings. The number of hydrogen-bond donors (Lipinski definition) is 1. The molecule has 3 amide bonds. The molecule has 0 radical (unpaired) electrons. The van der Waals surface area contributed by atoms with Crippen molar-refractivity contribution in [1.29, 1.82) is 0 Å². The van der Waals surface area contributed by atoms with Crippen molar-refractivity contribution in [2.45, 2.75) is 13.0 Å². The maximum absolute atomic E-state index is 12.4. The summed E-state index contributed by atoms with van der Waals surface area (Å²) in [5.74, 6) is -2.07. The number of carbonyl (C=O) groups is 3. The topological polar surface area (TPSA) is 119 Å². The molecule has 0 fully saturated rings. The number of amides is 3. The molecule has 2 aromatic carbocycles. The number of carbonyl (C=O) groups excluding carboxylic acids is 3. The Morgan fingerprint density at radius 3 is 2.55 bits per heavy atom. The fourth-order valence-electron chi connectivity index (χ4n) is 2.98. The van der Waals surface area contributed by atoms with Crippen molar-refractivity contribution in [2.75, 3.05) is 19.7 Å². The van der Waals surface area contributed by atoms with Crippen molar-refractivity contribution in [2.24, 2.45) is 0 Å². The first-order valence-electron chi connectivity index (χ1n) is 9.01. The molecule has 0 spiro atoms. The average Bonchev–Trinajstić information content (AvgIpc) is 2.96. The second-order valence-corrected chi connectivity index (χ2v) is 6.39. The van der Waals surface area contributed by atoms with E-state index in [1.54, 1.807) is 0 Å². The molecule has 9 nitrogen and oxygen atoms in total. The minimum Gasteiger partial charge on any atom is -0.377 e. The fourth-order valence-corrected chi connectivity index (χ4v) is 2.98. The highest BCUT2D eigenvalue weighted by Gasteiger charge is 2.41. The van der Waals surface area contributed by atoms with Crippen LogP contribution in [0.4, 0.5) is 5.69 Å². The normalized spacial score (nSPS) is 12.8. The minimum absolute atomic E-state index is 0.0636. The summed E-state index contributed by atoms with van der Waals surface area (Å²) in [5, 5.41) is 13.7. The van der Waals surface area contributed by atoms with Crippen LogP contribution in [-0.4, -0.2) is 47.2 Å². The van der Waals surface area contributed by atoms with Gasteiger partial charge in [-0.25, -0.2) is 0 Å². The van der Waals surface area contributed by atoms with E-state index in [-0.39, 0.29) is 11.1 Å². The van der Waals surface area contributed by atoms with Gasteiger partial charge in [-0.2, -0.15) is 0 Å². The lowest BCUT2D eigenvalue weighted by Crippen LogP contribution is -2.40. The average molecular weight is 397 g/mol. The summed E-state index contributed by atoms with van der Waals surface area (Å²) < 4.78 is 5.51. The lowest BCUT2D eigenvalue weighted by atomic mass is 10.1. The molecule has 2 aromatic rings. The van der Waals surface area contributed by atoms with Crippen LogP contribution in [0.25, 0.3) is 0 Å². The van der Waals surface area contributed by atoms with Gasteiger partial charge in [0.15, 0.2) is 0 Å². The van der Waals surface area contributed by atoms with E-state index in [1.807, 2.05) is 30.3 Å². The zero-order chi connectivity index (χ0) is 20.8. The molecule has 9 heteroatoms. The van der Waals surface area contributed by atoms with E-state index in [0.717, 1.165) is 16.5 Å². The highest BCUT2D eigenvalue weighted by Crippen LogP contribution is 2.30. The van der Waals surface area contributed by atoms with Crippen LogP contribution < -0.4 is 5.32 Å². The Kier molecular flexibility index (Phi) is 6.30. The van der Waals surface area contributed by atoms with Crippen LogP contribution in [0.5, 0.6) is 0 Å². The number of ether oxygens (including phenoxy) is 1. The van der Waals surface area contributed by atoms with E-state index < -0.39 is 34.9 Å². The van der Waals surface area contributed by atoms with Gasteiger partial charge in [-0.05, 0) is 18.1 Å². The third-order valence-corrected chi connectivity index (χ3v) is 4.37. The van der Waals surface area contributed by atoms with Crippen molar-refractivity contribution in [3.63, 3.8) is 0 Å². The van der Waals surface area contributed by atoms with E-state index in [4.69, 9.17) is 4.74 Å². The Hall–Kier alpha value is -3.59. The summed E-state index contributed by atoms with van der Waals surface area (Å²) in [5.41, 5.74) is 0.270. The van der Waals surface area contributed by atoms with Gasteiger partial charge in [-0.1, -0.05) is 36.4 Å². The van der Waals surface area contributed by atoms with Crippen LogP contribution in [-0.2, 0) is 16.1 Å². The number of rotatable bonds is 9. The third-order valence-electron chi connectivity index (χ3n) is 4.37. The molecule has 0 aliphatic carbocycles. The second-order valence-electron chi connectivity index (χ2n) is 6.39. The molecule has 150 valence electrons. The number of nitrogens with one attached hydrogen (secondary N) is 1. The van der Waals surface area contributed by atoms with E-state index >= 15 is 0 Å². The number of nitro groups is 1. The maximum Gasteiger partial charge on any atom is 0.282 e. The molecule has 3 rings (SSSR count). The molecule has 0 aromatic heterocycles. The standard InChI is InChI=1S/C20H19N3O6/c24-17(21-10-5-11-29-13-14-6-2-1-3-7-14)12-22-19(25)15-8-4-9-16(23(27)28)18(15)20(22)26/h1-4,6-9H,5,10-13H2,(H,21,24). The van der Waals surface area contributed by atoms with Gasteiger partial charge in [0.05, 0.1) is 17.1 Å². The van der Waals surface area contributed by atoms with Crippen molar-refractivity contribution in [1.82, 2.24) is 10.2 Å². The van der Waals surface area contributed by atoms with Gasteiger partial charge in [0.2, 0.25) is 5.91 Å². The molecule has 0 bridgehead atoms. The summed E-state index contributed by atoms with van der Waals surface area (Å²) in [6.07, 6.45) is 0.562. The van der Waals surface area contributed by atoms with E-state index in [2.05, 4.69) is 5.32 Å². The predicted octanol–water partition coefficient (Wildman–Crippen LogP) is 1.91. The van der Waals surface area contributed by atoms with E-state index in [9.17, 15) is 24.5 Å². The zero-order valence-electron chi connectivity index (χ0n) is 15.5. The fraction of sp³-hybridized carbons (Fsp3) is 0.250. The SMILES string of the molecule is O=C(CN1C(=O)c2cccc([N+](=O)[O-])c2C1=O)NCCCOCc1ccccc1. The first-order chi connectivity index (χ1) is 14.0. The first kappa shape index (κ1) is 20.2. The van der Waals surface area contributed by atoms with Gasteiger partial charge in [-0.15, -0.1) is 0 Å². The van der Waals surface area contributed by atoms with Crippen molar-refractivity contribution < 1.29 is 24.0 Å². The van der Waals surface area contributed by atoms with Gasteiger partial charge in [0, 0.05) is 19.2 Å². The molecule has 1 aliphatic heterocycles.